The second kappa shape index (κ2) is 4.93. The van der Waals surface area contributed by atoms with Crippen LogP contribution < -0.4 is 5.32 Å². The Morgan fingerprint density at radius 3 is 3.00 bits per heavy atom. The summed E-state index contributed by atoms with van der Waals surface area (Å²) in [5, 5.41) is 14.5. The van der Waals surface area contributed by atoms with Crippen molar-refractivity contribution in [2.75, 3.05) is 5.32 Å². The van der Waals surface area contributed by atoms with Crippen molar-refractivity contribution in [2.24, 2.45) is 0 Å². The lowest BCUT2D eigenvalue weighted by Crippen LogP contribution is -2.02. The first-order chi connectivity index (χ1) is 9.33. The van der Waals surface area contributed by atoms with Gasteiger partial charge in [-0.05, 0) is 41.1 Å². The van der Waals surface area contributed by atoms with Crippen LogP contribution in [0.4, 0.5) is 5.69 Å². The molecule has 6 heteroatoms. The lowest BCUT2D eigenvalue weighted by Gasteiger charge is -2.10. The van der Waals surface area contributed by atoms with Crippen LogP contribution in [0, 0.1) is 6.92 Å². The molecule has 0 fully saturated rings. The van der Waals surface area contributed by atoms with E-state index in [4.69, 9.17) is 4.42 Å². The highest BCUT2D eigenvalue weighted by Gasteiger charge is 2.03. The number of furan rings is 1. The molecule has 96 valence electrons. The fourth-order valence-corrected chi connectivity index (χ4v) is 1.81. The maximum absolute atomic E-state index is 5.05. The summed E-state index contributed by atoms with van der Waals surface area (Å²) in [5.41, 5.74) is 4.24. The Hall–Kier alpha value is -2.63. The average molecular weight is 255 g/mol. The second-order valence-electron chi connectivity index (χ2n) is 4.24. The number of aryl methyl sites for hydroxylation is 1. The van der Waals surface area contributed by atoms with Gasteiger partial charge in [-0.15, -0.1) is 5.10 Å². The fourth-order valence-electron chi connectivity index (χ4n) is 1.81. The van der Waals surface area contributed by atoms with Crippen molar-refractivity contribution >= 4 is 5.69 Å². The van der Waals surface area contributed by atoms with Crippen LogP contribution in [0.2, 0.25) is 0 Å². The summed E-state index contributed by atoms with van der Waals surface area (Å²) in [6, 6.07) is 7.97. The van der Waals surface area contributed by atoms with Crippen molar-refractivity contribution < 1.29 is 4.42 Å². The van der Waals surface area contributed by atoms with E-state index in [1.807, 2.05) is 24.3 Å². The highest BCUT2D eigenvalue weighted by atomic mass is 16.3. The fraction of sp³-hybridized carbons (Fsp3) is 0.154. The SMILES string of the molecule is Cc1ccc(-n2cnnn2)cc1NCc1ccoc1. The smallest absolute Gasteiger partial charge is 0.143 e. The summed E-state index contributed by atoms with van der Waals surface area (Å²) >= 11 is 0. The molecule has 0 aliphatic carbocycles. The predicted molar refractivity (Wildman–Crippen MR) is 69.9 cm³/mol. The summed E-state index contributed by atoms with van der Waals surface area (Å²) in [4.78, 5) is 0. The molecule has 0 saturated carbocycles. The Balaban J connectivity index is 1.82. The van der Waals surface area contributed by atoms with Crippen molar-refractivity contribution in [1.29, 1.82) is 0 Å². The maximum Gasteiger partial charge on any atom is 0.143 e. The lowest BCUT2D eigenvalue weighted by atomic mass is 10.1. The topological polar surface area (TPSA) is 68.8 Å². The van der Waals surface area contributed by atoms with Crippen LogP contribution >= 0.6 is 0 Å². The van der Waals surface area contributed by atoms with Crippen molar-refractivity contribution in [3.05, 3.63) is 54.2 Å². The van der Waals surface area contributed by atoms with Crippen molar-refractivity contribution in [3.63, 3.8) is 0 Å². The van der Waals surface area contributed by atoms with Gasteiger partial charge in [0.2, 0.25) is 0 Å². The monoisotopic (exact) mass is 255 g/mol. The van der Waals surface area contributed by atoms with E-state index >= 15 is 0 Å². The number of nitrogens with zero attached hydrogens (tertiary/aromatic N) is 4. The molecule has 0 bridgehead atoms. The third-order valence-corrected chi connectivity index (χ3v) is 2.90. The Kier molecular flexibility index (Phi) is 2.97. The molecular weight excluding hydrogens is 242 g/mol. The van der Waals surface area contributed by atoms with Crippen LogP contribution in [-0.2, 0) is 6.54 Å². The molecular formula is C13H13N5O. The molecule has 0 spiro atoms. The summed E-state index contributed by atoms with van der Waals surface area (Å²) < 4.78 is 6.67. The minimum Gasteiger partial charge on any atom is -0.472 e. The number of tetrazole rings is 1. The Morgan fingerprint density at radius 1 is 1.32 bits per heavy atom. The molecule has 0 aliphatic rings. The Morgan fingerprint density at radius 2 is 2.26 bits per heavy atom. The average Bonchev–Trinajstić information content (AvgIpc) is 3.11. The number of anilines is 1. The van der Waals surface area contributed by atoms with E-state index in [2.05, 4.69) is 27.8 Å². The number of benzene rings is 1. The van der Waals surface area contributed by atoms with Crippen molar-refractivity contribution in [3.8, 4) is 5.69 Å². The zero-order chi connectivity index (χ0) is 13.1. The van der Waals surface area contributed by atoms with Crippen LogP contribution in [0.15, 0.2) is 47.5 Å². The number of hydrogen-bond acceptors (Lipinski definition) is 5. The quantitative estimate of drug-likeness (QED) is 0.773. The van der Waals surface area contributed by atoms with Gasteiger partial charge in [0.15, 0.2) is 0 Å². The van der Waals surface area contributed by atoms with Gasteiger partial charge in [0.1, 0.15) is 6.33 Å². The highest BCUT2D eigenvalue weighted by molar-refractivity contribution is 5.56. The van der Waals surface area contributed by atoms with Gasteiger partial charge < -0.3 is 9.73 Å². The summed E-state index contributed by atoms with van der Waals surface area (Å²) in [5.74, 6) is 0. The van der Waals surface area contributed by atoms with E-state index in [9.17, 15) is 0 Å². The van der Waals surface area contributed by atoms with E-state index in [0.29, 0.717) is 0 Å². The molecule has 3 rings (SSSR count). The number of nitrogens with one attached hydrogen (secondary N) is 1. The van der Waals surface area contributed by atoms with Crippen LogP contribution in [0.5, 0.6) is 0 Å². The van der Waals surface area contributed by atoms with Crippen LogP contribution in [-0.4, -0.2) is 20.2 Å². The summed E-state index contributed by atoms with van der Waals surface area (Å²) in [7, 11) is 0. The number of hydrogen-bond donors (Lipinski definition) is 1. The van der Waals surface area contributed by atoms with Gasteiger partial charge in [0.25, 0.3) is 0 Å². The van der Waals surface area contributed by atoms with E-state index in [1.54, 1.807) is 23.5 Å². The van der Waals surface area contributed by atoms with E-state index in [-0.39, 0.29) is 0 Å². The molecule has 0 amide bonds. The lowest BCUT2D eigenvalue weighted by molar-refractivity contribution is 0.564. The van der Waals surface area contributed by atoms with Gasteiger partial charge in [-0.2, -0.15) is 0 Å². The molecule has 0 unspecified atom stereocenters. The molecule has 3 aromatic rings. The minimum atomic E-state index is 0.719. The van der Waals surface area contributed by atoms with E-state index in [1.165, 1.54) is 5.56 Å². The van der Waals surface area contributed by atoms with Crippen LogP contribution in [0.1, 0.15) is 11.1 Å². The number of aromatic nitrogens is 4. The summed E-state index contributed by atoms with van der Waals surface area (Å²) in [6.07, 6.45) is 4.97. The van der Waals surface area contributed by atoms with Crippen LogP contribution in [0.25, 0.3) is 5.69 Å². The third-order valence-electron chi connectivity index (χ3n) is 2.90. The molecule has 0 aliphatic heterocycles. The highest BCUT2D eigenvalue weighted by Crippen LogP contribution is 2.19. The Bertz CT molecular complexity index is 646. The molecule has 19 heavy (non-hydrogen) atoms. The first-order valence-electron chi connectivity index (χ1n) is 5.92. The molecule has 1 aromatic carbocycles. The van der Waals surface area contributed by atoms with Crippen molar-refractivity contribution in [1.82, 2.24) is 20.2 Å². The van der Waals surface area contributed by atoms with E-state index < -0.39 is 0 Å². The largest absolute Gasteiger partial charge is 0.472 e. The molecule has 0 radical (unpaired) electrons. The predicted octanol–water partition coefficient (Wildman–Crippen LogP) is 2.18. The molecule has 2 heterocycles. The Labute approximate surface area is 110 Å². The third kappa shape index (κ3) is 2.47. The zero-order valence-electron chi connectivity index (χ0n) is 10.4. The molecule has 2 aromatic heterocycles. The number of rotatable bonds is 4. The van der Waals surface area contributed by atoms with Gasteiger partial charge in [0.05, 0.1) is 18.2 Å². The maximum atomic E-state index is 5.05. The van der Waals surface area contributed by atoms with Crippen LogP contribution in [0.3, 0.4) is 0 Å². The standard InChI is InChI=1S/C13H13N5O/c1-10-2-3-12(18-9-15-16-17-18)6-13(10)14-7-11-4-5-19-8-11/h2-6,8-9,14H,7H2,1H3. The minimum absolute atomic E-state index is 0.719. The molecule has 6 nitrogen and oxygen atoms in total. The first-order valence-corrected chi connectivity index (χ1v) is 5.92. The van der Waals surface area contributed by atoms with Gasteiger partial charge in [-0.1, -0.05) is 6.07 Å². The van der Waals surface area contributed by atoms with Gasteiger partial charge in [-0.25, -0.2) is 4.68 Å². The van der Waals surface area contributed by atoms with Gasteiger partial charge >= 0.3 is 0 Å². The second-order valence-corrected chi connectivity index (χ2v) is 4.24. The van der Waals surface area contributed by atoms with Gasteiger partial charge in [-0.3, -0.25) is 0 Å². The van der Waals surface area contributed by atoms with Gasteiger partial charge in [0, 0.05) is 17.8 Å². The first kappa shape index (κ1) is 11.5. The molecule has 1 N–H and O–H groups in total. The molecule has 0 atom stereocenters. The van der Waals surface area contributed by atoms with E-state index in [0.717, 1.165) is 23.5 Å². The zero-order valence-corrected chi connectivity index (χ0v) is 10.4. The normalized spacial score (nSPS) is 10.6. The summed E-state index contributed by atoms with van der Waals surface area (Å²) in [6.45, 7) is 2.78. The molecule has 0 saturated heterocycles. The van der Waals surface area contributed by atoms with Crippen molar-refractivity contribution in [2.45, 2.75) is 13.5 Å².